The van der Waals surface area contributed by atoms with E-state index in [0.717, 1.165) is 0 Å². The lowest BCUT2D eigenvalue weighted by Crippen LogP contribution is -2.33. The van der Waals surface area contributed by atoms with Crippen molar-refractivity contribution >= 4 is 61.7 Å². The average Bonchev–Trinajstić information content (AvgIpc) is 2.97. The van der Waals surface area contributed by atoms with Gasteiger partial charge in [-0.05, 0) is 55.5 Å². The molecule has 0 aromatic heterocycles. The molecule has 11 heteroatoms. The Morgan fingerprint density at radius 3 is 2.40 bits per heavy atom. The SMILES string of the molecule is CCN1C(=O)C(CC(=O)Nc2ccc(Cl)cc2)SC1=Nc1ccc(S(N)(=O)=O)cc1. The molecule has 1 heterocycles. The first-order chi connectivity index (χ1) is 14.2. The van der Waals surface area contributed by atoms with E-state index in [4.69, 9.17) is 16.7 Å². The molecule has 1 fully saturated rings. The lowest BCUT2D eigenvalue weighted by molar-refractivity contribution is -0.128. The van der Waals surface area contributed by atoms with Crippen molar-refractivity contribution in [3.8, 4) is 0 Å². The molecule has 0 radical (unpaired) electrons. The number of carbonyl (C=O) groups is 2. The smallest absolute Gasteiger partial charge is 0.242 e. The zero-order chi connectivity index (χ0) is 21.9. The van der Waals surface area contributed by atoms with E-state index >= 15 is 0 Å². The van der Waals surface area contributed by atoms with Crippen molar-refractivity contribution in [2.45, 2.75) is 23.5 Å². The molecular formula is C19H19ClN4O4S2. The van der Waals surface area contributed by atoms with Crippen molar-refractivity contribution in [1.29, 1.82) is 0 Å². The molecule has 3 rings (SSSR count). The number of hydrogen-bond donors (Lipinski definition) is 2. The fraction of sp³-hybridized carbons (Fsp3) is 0.211. The van der Waals surface area contributed by atoms with Crippen LogP contribution in [0.25, 0.3) is 0 Å². The average molecular weight is 467 g/mol. The van der Waals surface area contributed by atoms with Crippen LogP contribution in [0, 0.1) is 0 Å². The van der Waals surface area contributed by atoms with Crippen molar-refractivity contribution in [2.24, 2.45) is 10.1 Å². The van der Waals surface area contributed by atoms with Crippen LogP contribution in [0.2, 0.25) is 5.02 Å². The highest BCUT2D eigenvalue weighted by atomic mass is 35.5. The normalized spacial score (nSPS) is 18.1. The fourth-order valence-corrected chi connectivity index (χ4v) is 4.61. The summed E-state index contributed by atoms with van der Waals surface area (Å²) in [5.74, 6) is -0.494. The number of thioether (sulfide) groups is 1. The largest absolute Gasteiger partial charge is 0.326 e. The number of amides is 2. The predicted molar refractivity (Wildman–Crippen MR) is 118 cm³/mol. The summed E-state index contributed by atoms with van der Waals surface area (Å²) in [7, 11) is -3.79. The van der Waals surface area contributed by atoms with E-state index < -0.39 is 15.3 Å². The first-order valence-corrected chi connectivity index (χ1v) is 11.7. The molecule has 2 aromatic rings. The van der Waals surface area contributed by atoms with Crippen LogP contribution < -0.4 is 10.5 Å². The van der Waals surface area contributed by atoms with E-state index in [1.54, 1.807) is 24.3 Å². The Morgan fingerprint density at radius 2 is 1.83 bits per heavy atom. The van der Waals surface area contributed by atoms with Crippen LogP contribution in [0.5, 0.6) is 0 Å². The quantitative estimate of drug-likeness (QED) is 0.677. The fourth-order valence-electron chi connectivity index (χ4n) is 2.75. The van der Waals surface area contributed by atoms with Crippen LogP contribution in [-0.4, -0.2) is 42.1 Å². The van der Waals surface area contributed by atoms with Crippen molar-refractivity contribution in [3.05, 3.63) is 53.6 Å². The molecule has 0 spiro atoms. The Hall–Kier alpha value is -2.40. The number of rotatable bonds is 6. The molecule has 0 saturated carbocycles. The predicted octanol–water partition coefficient (Wildman–Crippen LogP) is 2.97. The molecule has 1 aliphatic rings. The van der Waals surface area contributed by atoms with Crippen LogP contribution >= 0.6 is 23.4 Å². The van der Waals surface area contributed by atoms with Crippen LogP contribution in [-0.2, 0) is 19.6 Å². The molecule has 1 atom stereocenters. The van der Waals surface area contributed by atoms with Gasteiger partial charge in [0.2, 0.25) is 21.8 Å². The molecule has 158 valence electrons. The summed E-state index contributed by atoms with van der Waals surface area (Å²) in [6.45, 7) is 2.21. The van der Waals surface area contributed by atoms with Gasteiger partial charge in [0.15, 0.2) is 5.17 Å². The molecule has 1 aliphatic heterocycles. The van der Waals surface area contributed by atoms with Gasteiger partial charge in [-0.25, -0.2) is 18.5 Å². The maximum absolute atomic E-state index is 12.7. The van der Waals surface area contributed by atoms with Gasteiger partial charge in [-0.15, -0.1) is 0 Å². The third-order valence-corrected chi connectivity index (χ3v) is 6.58. The van der Waals surface area contributed by atoms with Gasteiger partial charge in [0, 0.05) is 23.7 Å². The number of benzene rings is 2. The summed E-state index contributed by atoms with van der Waals surface area (Å²) in [5.41, 5.74) is 1.07. The van der Waals surface area contributed by atoms with E-state index in [1.807, 2.05) is 6.92 Å². The molecule has 30 heavy (non-hydrogen) atoms. The first-order valence-electron chi connectivity index (χ1n) is 8.92. The van der Waals surface area contributed by atoms with Gasteiger partial charge < -0.3 is 5.32 Å². The maximum atomic E-state index is 12.7. The number of primary sulfonamides is 1. The van der Waals surface area contributed by atoms with Gasteiger partial charge in [-0.3, -0.25) is 14.5 Å². The Bertz CT molecular complexity index is 1090. The van der Waals surface area contributed by atoms with Crippen molar-refractivity contribution < 1.29 is 18.0 Å². The number of halogens is 1. The lowest BCUT2D eigenvalue weighted by atomic mass is 10.2. The Labute approximate surface area is 183 Å². The van der Waals surface area contributed by atoms with Crippen molar-refractivity contribution in [2.75, 3.05) is 11.9 Å². The zero-order valence-electron chi connectivity index (χ0n) is 15.9. The van der Waals surface area contributed by atoms with Crippen LogP contribution in [0.3, 0.4) is 0 Å². The number of anilines is 1. The van der Waals surface area contributed by atoms with E-state index in [2.05, 4.69) is 10.3 Å². The van der Waals surface area contributed by atoms with Gasteiger partial charge in [-0.1, -0.05) is 23.4 Å². The minimum absolute atomic E-state index is 0.00794. The highest BCUT2D eigenvalue weighted by Crippen LogP contribution is 2.32. The summed E-state index contributed by atoms with van der Waals surface area (Å²) in [5, 5.41) is 8.26. The standard InChI is InChI=1S/C19H19ClN4O4S2/c1-2-24-18(26)16(11-17(25)22-13-5-3-12(20)4-6-13)29-19(24)23-14-7-9-15(10-8-14)30(21,27)28/h3-10,16H,2,11H2,1H3,(H,22,25)(H2,21,27,28). The number of sulfonamides is 1. The minimum Gasteiger partial charge on any atom is -0.326 e. The van der Waals surface area contributed by atoms with Gasteiger partial charge in [0.1, 0.15) is 5.25 Å². The second-order valence-electron chi connectivity index (χ2n) is 6.38. The molecule has 0 bridgehead atoms. The number of hydrogen-bond acceptors (Lipinski definition) is 6. The van der Waals surface area contributed by atoms with Gasteiger partial charge in [0.05, 0.1) is 10.6 Å². The Balaban J connectivity index is 1.71. The van der Waals surface area contributed by atoms with Crippen LogP contribution in [0.4, 0.5) is 11.4 Å². The number of carbonyl (C=O) groups excluding carboxylic acids is 2. The second-order valence-corrected chi connectivity index (χ2v) is 9.55. The molecule has 8 nitrogen and oxygen atoms in total. The van der Waals surface area contributed by atoms with Gasteiger partial charge >= 0.3 is 0 Å². The topological polar surface area (TPSA) is 122 Å². The molecule has 3 N–H and O–H groups in total. The molecule has 2 aromatic carbocycles. The second kappa shape index (κ2) is 9.17. The summed E-state index contributed by atoms with van der Waals surface area (Å²) in [6.07, 6.45) is -0.00794. The van der Waals surface area contributed by atoms with E-state index in [0.29, 0.717) is 28.1 Å². The third kappa shape index (κ3) is 5.39. The lowest BCUT2D eigenvalue weighted by Gasteiger charge is -2.13. The molecule has 1 unspecified atom stereocenters. The van der Waals surface area contributed by atoms with Crippen LogP contribution in [0.1, 0.15) is 13.3 Å². The minimum atomic E-state index is -3.79. The maximum Gasteiger partial charge on any atom is 0.242 e. The van der Waals surface area contributed by atoms with Gasteiger partial charge in [-0.2, -0.15) is 0 Å². The number of aliphatic imine (C=N–C) groups is 1. The summed E-state index contributed by atoms with van der Waals surface area (Å²) in [4.78, 5) is 31.0. The Kier molecular flexibility index (Phi) is 6.81. The first kappa shape index (κ1) is 22.3. The number of nitrogens with one attached hydrogen (secondary N) is 1. The van der Waals surface area contributed by atoms with Crippen molar-refractivity contribution in [3.63, 3.8) is 0 Å². The van der Waals surface area contributed by atoms with Gasteiger partial charge in [0.25, 0.3) is 0 Å². The highest BCUT2D eigenvalue weighted by molar-refractivity contribution is 8.15. The third-order valence-electron chi connectivity index (χ3n) is 4.23. The highest BCUT2D eigenvalue weighted by Gasteiger charge is 2.38. The molecule has 1 saturated heterocycles. The van der Waals surface area contributed by atoms with E-state index in [9.17, 15) is 18.0 Å². The Morgan fingerprint density at radius 1 is 1.20 bits per heavy atom. The van der Waals surface area contributed by atoms with Crippen molar-refractivity contribution in [1.82, 2.24) is 4.90 Å². The summed E-state index contributed by atoms with van der Waals surface area (Å²) < 4.78 is 22.7. The number of nitrogens with zero attached hydrogens (tertiary/aromatic N) is 2. The summed E-state index contributed by atoms with van der Waals surface area (Å²) in [6, 6.07) is 12.4. The number of amidine groups is 1. The zero-order valence-corrected chi connectivity index (χ0v) is 18.3. The monoisotopic (exact) mass is 466 g/mol. The van der Waals surface area contributed by atoms with E-state index in [1.165, 1.54) is 40.9 Å². The molecule has 2 amide bonds. The van der Waals surface area contributed by atoms with E-state index in [-0.39, 0.29) is 23.1 Å². The molecule has 0 aliphatic carbocycles. The number of nitrogens with two attached hydrogens (primary N) is 1. The van der Waals surface area contributed by atoms with Crippen LogP contribution in [0.15, 0.2) is 58.4 Å². The summed E-state index contributed by atoms with van der Waals surface area (Å²) >= 11 is 7.03. The molecular weight excluding hydrogens is 448 g/mol.